The first-order chi connectivity index (χ1) is 8.74. The van der Waals surface area contributed by atoms with E-state index in [1.54, 1.807) is 6.20 Å². The van der Waals surface area contributed by atoms with Crippen molar-refractivity contribution >= 4 is 34.1 Å². The van der Waals surface area contributed by atoms with Crippen LogP contribution in [-0.2, 0) is 0 Å². The van der Waals surface area contributed by atoms with Gasteiger partial charge < -0.3 is 0 Å². The zero-order valence-corrected chi connectivity index (χ0v) is 10.9. The first-order valence-corrected chi connectivity index (χ1v) is 6.30. The molecule has 0 atom stereocenters. The van der Waals surface area contributed by atoms with Gasteiger partial charge >= 0.3 is 0 Å². The van der Waals surface area contributed by atoms with Gasteiger partial charge in [0.1, 0.15) is 0 Å². The van der Waals surface area contributed by atoms with Crippen LogP contribution >= 0.6 is 23.2 Å². The fourth-order valence-electron chi connectivity index (χ4n) is 2.00. The number of hydrogen-bond acceptors (Lipinski definition) is 1. The van der Waals surface area contributed by atoms with Gasteiger partial charge in [-0.05, 0) is 41.5 Å². The summed E-state index contributed by atoms with van der Waals surface area (Å²) in [6.07, 6.45) is 1.79. The monoisotopic (exact) mass is 273 g/mol. The van der Waals surface area contributed by atoms with E-state index in [9.17, 15) is 0 Å². The minimum atomic E-state index is 0.697. The van der Waals surface area contributed by atoms with Crippen LogP contribution in [0.4, 0.5) is 0 Å². The Bertz CT molecular complexity index is 705. The zero-order chi connectivity index (χ0) is 12.5. The van der Waals surface area contributed by atoms with Gasteiger partial charge in [-0.2, -0.15) is 0 Å². The van der Waals surface area contributed by atoms with E-state index >= 15 is 0 Å². The Labute approximate surface area is 115 Å². The molecule has 0 spiro atoms. The first-order valence-electron chi connectivity index (χ1n) is 5.54. The molecule has 88 valence electrons. The lowest BCUT2D eigenvalue weighted by Gasteiger charge is -2.06. The number of benzene rings is 2. The Morgan fingerprint density at radius 2 is 1.50 bits per heavy atom. The SMILES string of the molecule is Clc1ccc(-c2ccnc3cc(Cl)ccc23)cc1. The number of halogens is 2. The van der Waals surface area contributed by atoms with E-state index in [1.165, 1.54) is 0 Å². The van der Waals surface area contributed by atoms with Crippen molar-refractivity contribution in [2.45, 2.75) is 0 Å². The van der Waals surface area contributed by atoms with Crippen LogP contribution < -0.4 is 0 Å². The molecule has 1 nitrogen and oxygen atoms in total. The molecular weight excluding hydrogens is 265 g/mol. The summed E-state index contributed by atoms with van der Waals surface area (Å²) in [4.78, 5) is 4.34. The van der Waals surface area contributed by atoms with Gasteiger partial charge in [0.05, 0.1) is 5.52 Å². The molecule has 0 radical (unpaired) electrons. The largest absolute Gasteiger partial charge is 0.256 e. The average Bonchev–Trinajstić information content (AvgIpc) is 2.38. The number of aromatic nitrogens is 1. The maximum Gasteiger partial charge on any atom is 0.0723 e. The summed E-state index contributed by atoms with van der Waals surface area (Å²) in [5, 5.41) is 2.52. The van der Waals surface area contributed by atoms with Gasteiger partial charge in [-0.15, -0.1) is 0 Å². The summed E-state index contributed by atoms with van der Waals surface area (Å²) in [5.74, 6) is 0. The molecule has 0 aliphatic carbocycles. The maximum absolute atomic E-state index is 5.98. The fourth-order valence-corrected chi connectivity index (χ4v) is 2.29. The van der Waals surface area contributed by atoms with Crippen molar-refractivity contribution in [2.24, 2.45) is 0 Å². The maximum atomic E-state index is 5.98. The van der Waals surface area contributed by atoms with Crippen LogP contribution in [0.15, 0.2) is 54.7 Å². The van der Waals surface area contributed by atoms with E-state index in [0.717, 1.165) is 27.1 Å². The third-order valence-corrected chi connectivity index (χ3v) is 3.35. The molecule has 2 aromatic carbocycles. The molecule has 3 heteroatoms. The second-order valence-corrected chi connectivity index (χ2v) is 4.90. The summed E-state index contributed by atoms with van der Waals surface area (Å²) in [5.41, 5.74) is 3.15. The van der Waals surface area contributed by atoms with Gasteiger partial charge in [0.15, 0.2) is 0 Å². The summed E-state index contributed by atoms with van der Waals surface area (Å²) in [6.45, 7) is 0. The highest BCUT2D eigenvalue weighted by Crippen LogP contribution is 2.29. The van der Waals surface area contributed by atoms with E-state index in [4.69, 9.17) is 23.2 Å². The molecule has 3 rings (SSSR count). The minimum Gasteiger partial charge on any atom is -0.256 e. The number of hydrogen-bond donors (Lipinski definition) is 0. The van der Waals surface area contributed by atoms with Crippen molar-refractivity contribution in [1.29, 1.82) is 0 Å². The Morgan fingerprint density at radius 3 is 2.28 bits per heavy atom. The molecule has 1 aromatic heterocycles. The third-order valence-electron chi connectivity index (χ3n) is 2.86. The van der Waals surface area contributed by atoms with E-state index in [2.05, 4.69) is 4.98 Å². The highest BCUT2D eigenvalue weighted by Gasteiger charge is 2.04. The molecule has 3 aromatic rings. The number of rotatable bonds is 1. The van der Waals surface area contributed by atoms with Gasteiger partial charge in [-0.1, -0.05) is 41.4 Å². The molecule has 0 unspecified atom stereocenters. The second-order valence-electron chi connectivity index (χ2n) is 4.03. The van der Waals surface area contributed by atoms with E-state index in [0.29, 0.717) is 5.02 Å². The Balaban J connectivity index is 2.26. The molecule has 0 saturated heterocycles. The highest BCUT2D eigenvalue weighted by molar-refractivity contribution is 6.31. The predicted molar refractivity (Wildman–Crippen MR) is 77.2 cm³/mol. The van der Waals surface area contributed by atoms with Crippen LogP contribution in [0, 0.1) is 0 Å². The molecule has 0 fully saturated rings. The van der Waals surface area contributed by atoms with Crippen molar-refractivity contribution < 1.29 is 0 Å². The van der Waals surface area contributed by atoms with Crippen molar-refractivity contribution in [3.8, 4) is 11.1 Å². The normalized spacial score (nSPS) is 10.8. The van der Waals surface area contributed by atoms with Gasteiger partial charge in [0, 0.05) is 21.6 Å². The summed E-state index contributed by atoms with van der Waals surface area (Å²) < 4.78 is 0. The number of pyridine rings is 1. The zero-order valence-electron chi connectivity index (χ0n) is 9.40. The molecule has 0 N–H and O–H groups in total. The van der Waals surface area contributed by atoms with Crippen molar-refractivity contribution in [3.63, 3.8) is 0 Å². The van der Waals surface area contributed by atoms with Crippen molar-refractivity contribution in [3.05, 3.63) is 64.8 Å². The second kappa shape index (κ2) is 4.60. The number of nitrogens with zero attached hydrogens (tertiary/aromatic N) is 1. The lowest BCUT2D eigenvalue weighted by atomic mass is 10.0. The predicted octanol–water partition coefficient (Wildman–Crippen LogP) is 5.21. The molecule has 0 saturated carbocycles. The standard InChI is InChI=1S/C15H9Cl2N/c16-11-3-1-10(2-4-11)13-7-8-18-15-9-12(17)5-6-14(13)15/h1-9H. The molecule has 0 aliphatic rings. The van der Waals surface area contributed by atoms with Gasteiger partial charge in [-0.3, -0.25) is 4.98 Å². The fraction of sp³-hybridized carbons (Fsp3) is 0. The van der Waals surface area contributed by atoms with E-state index in [-0.39, 0.29) is 0 Å². The third kappa shape index (κ3) is 2.07. The molecule has 18 heavy (non-hydrogen) atoms. The Morgan fingerprint density at radius 1 is 0.778 bits per heavy atom. The van der Waals surface area contributed by atoms with Crippen LogP contribution in [0.3, 0.4) is 0 Å². The Kier molecular flexibility index (Phi) is 2.94. The summed E-state index contributed by atoms with van der Waals surface area (Å²) in [6, 6.07) is 15.5. The topological polar surface area (TPSA) is 12.9 Å². The molecule has 0 bridgehead atoms. The molecular formula is C15H9Cl2N. The summed E-state index contributed by atoms with van der Waals surface area (Å²) in [7, 11) is 0. The van der Waals surface area contributed by atoms with Crippen LogP contribution in [0.1, 0.15) is 0 Å². The average molecular weight is 274 g/mol. The van der Waals surface area contributed by atoms with Gasteiger partial charge in [0.25, 0.3) is 0 Å². The summed E-state index contributed by atoms with van der Waals surface area (Å²) >= 11 is 11.9. The molecule has 0 amide bonds. The quantitative estimate of drug-likeness (QED) is 0.593. The van der Waals surface area contributed by atoms with Crippen LogP contribution in [0.5, 0.6) is 0 Å². The van der Waals surface area contributed by atoms with Crippen molar-refractivity contribution in [1.82, 2.24) is 4.98 Å². The minimum absolute atomic E-state index is 0.697. The van der Waals surface area contributed by atoms with Gasteiger partial charge in [0.2, 0.25) is 0 Å². The Hall–Kier alpha value is -1.57. The molecule has 0 aliphatic heterocycles. The molecule has 1 heterocycles. The highest BCUT2D eigenvalue weighted by atomic mass is 35.5. The smallest absolute Gasteiger partial charge is 0.0723 e. The van der Waals surface area contributed by atoms with Crippen molar-refractivity contribution in [2.75, 3.05) is 0 Å². The van der Waals surface area contributed by atoms with Crippen LogP contribution in [0.25, 0.3) is 22.0 Å². The van der Waals surface area contributed by atoms with Crippen LogP contribution in [-0.4, -0.2) is 4.98 Å². The van der Waals surface area contributed by atoms with Crippen LogP contribution in [0.2, 0.25) is 10.0 Å². The van der Waals surface area contributed by atoms with E-state index < -0.39 is 0 Å². The lowest BCUT2D eigenvalue weighted by Crippen LogP contribution is -1.84. The first kappa shape index (κ1) is 11.5. The van der Waals surface area contributed by atoms with E-state index in [1.807, 2.05) is 48.5 Å². The lowest BCUT2D eigenvalue weighted by molar-refractivity contribution is 1.41. The number of fused-ring (bicyclic) bond motifs is 1. The van der Waals surface area contributed by atoms with Gasteiger partial charge in [-0.25, -0.2) is 0 Å².